The number of benzene rings is 1. The Balaban J connectivity index is 3.60. The molecule has 0 heterocycles. The van der Waals surface area contributed by atoms with Gasteiger partial charge in [-0.25, -0.2) is 9.00 Å². The summed E-state index contributed by atoms with van der Waals surface area (Å²) < 4.78 is 16.4. The Labute approximate surface area is 116 Å². The third kappa shape index (κ3) is 3.92. The molecule has 0 aliphatic heterocycles. The molecule has 0 radical (unpaired) electrons. The highest BCUT2D eigenvalue weighted by molar-refractivity contribution is 8.03. The van der Waals surface area contributed by atoms with Crippen molar-refractivity contribution in [3.63, 3.8) is 0 Å². The summed E-state index contributed by atoms with van der Waals surface area (Å²) in [6.45, 7) is 7.73. The predicted octanol–water partition coefficient (Wildman–Crippen LogP) is 2.34. The fourth-order valence-corrected chi connectivity index (χ4v) is 7.67. The first kappa shape index (κ1) is 15.9. The van der Waals surface area contributed by atoms with Crippen LogP contribution in [0, 0.1) is 0 Å². The van der Waals surface area contributed by atoms with E-state index in [0.29, 0.717) is 4.90 Å². The van der Waals surface area contributed by atoms with Gasteiger partial charge in [-0.1, -0.05) is 44.8 Å². The number of carbonyl (C=O) groups is 1. The normalized spacial score (nSPS) is 14.7. The Morgan fingerprint density at radius 2 is 1.79 bits per heavy atom. The minimum atomic E-state index is -2.89. The number of rotatable bonds is 5. The Morgan fingerprint density at radius 1 is 1.26 bits per heavy atom. The second-order valence-electron chi connectivity index (χ2n) is 5.30. The molecule has 0 aromatic heterocycles. The van der Waals surface area contributed by atoms with Crippen molar-refractivity contribution >= 4 is 28.8 Å². The maximum absolute atomic E-state index is 13.3. The van der Waals surface area contributed by atoms with Crippen molar-refractivity contribution in [3.8, 4) is 0 Å². The number of aliphatic carboxylic acids is 1. The predicted molar refractivity (Wildman–Crippen MR) is 82.3 cm³/mol. The monoisotopic (exact) mass is 299 g/mol. The third-order valence-corrected chi connectivity index (χ3v) is 8.12. The van der Waals surface area contributed by atoms with Gasteiger partial charge in [0.05, 0.1) is 9.71 Å². The summed E-state index contributed by atoms with van der Waals surface area (Å²) in [6, 6.07) is 8.80. The van der Waals surface area contributed by atoms with Gasteiger partial charge in [0.15, 0.2) is 0 Å². The summed E-state index contributed by atoms with van der Waals surface area (Å²) in [4.78, 5) is 12.0. The molecule has 0 bridgehead atoms. The van der Waals surface area contributed by atoms with Crippen molar-refractivity contribution in [2.45, 2.75) is 37.9 Å². The topological polar surface area (TPSA) is 66.4 Å². The van der Waals surface area contributed by atoms with Crippen molar-refractivity contribution < 1.29 is 14.1 Å². The van der Waals surface area contributed by atoms with Crippen LogP contribution in [0.5, 0.6) is 0 Å². The van der Waals surface area contributed by atoms with E-state index in [1.165, 1.54) is 0 Å². The van der Waals surface area contributed by atoms with Gasteiger partial charge in [0, 0.05) is 4.90 Å². The highest BCUT2D eigenvalue weighted by atomic mass is 32.2. The van der Waals surface area contributed by atoms with E-state index in [1.807, 2.05) is 25.7 Å². The summed E-state index contributed by atoms with van der Waals surface area (Å²) in [5.41, 5.74) is 0. The number of carboxylic acids is 1. The molecule has 0 aliphatic rings. The Bertz CT molecular complexity index is 569. The smallest absolute Gasteiger partial charge is 0.341 e. The molecule has 1 aromatic rings. The van der Waals surface area contributed by atoms with Crippen LogP contribution in [-0.2, 0) is 14.5 Å². The lowest BCUT2D eigenvalue weighted by Crippen LogP contribution is -2.48. The summed E-state index contributed by atoms with van der Waals surface area (Å²) in [5.74, 6) is -1.10. The van der Waals surface area contributed by atoms with Crippen LogP contribution in [0.2, 0.25) is 19.6 Å². The second-order valence-corrected chi connectivity index (χ2v) is 12.7. The molecule has 106 valence electrons. The van der Waals surface area contributed by atoms with Crippen molar-refractivity contribution in [2.24, 2.45) is 0 Å². The van der Waals surface area contributed by atoms with Crippen LogP contribution in [0.1, 0.15) is 13.3 Å². The third-order valence-electron chi connectivity index (χ3n) is 2.43. The van der Waals surface area contributed by atoms with Crippen molar-refractivity contribution in [2.75, 3.05) is 0 Å². The molecule has 4 nitrogen and oxygen atoms in total. The van der Waals surface area contributed by atoms with Gasteiger partial charge >= 0.3 is 5.97 Å². The molecule has 0 aliphatic carbocycles. The van der Waals surface area contributed by atoms with E-state index in [0.717, 1.165) is 0 Å². The SMILES string of the molecule is CCC(C(=O)O)=S(=O)(N[Si](C)(C)C)c1ccccc1. The Kier molecular flexibility index (Phi) is 4.95. The zero-order chi connectivity index (χ0) is 14.7. The average molecular weight is 299 g/mol. The molecule has 2 N–H and O–H groups in total. The molecule has 0 saturated carbocycles. The molecule has 1 aromatic carbocycles. The standard InChI is InChI=1S/C13H21NO3SSi/c1-5-12(13(15)16)18(17,14-19(2,3)4)11-9-7-6-8-10-11/h6-10H,5H2,1-4H3,(H,14,17)(H,15,16). The van der Waals surface area contributed by atoms with Crippen molar-refractivity contribution in [3.05, 3.63) is 30.3 Å². The number of hydrogen-bond donors (Lipinski definition) is 2. The molecule has 0 saturated heterocycles. The first-order chi connectivity index (χ1) is 8.70. The fraction of sp³-hybridized carbons (Fsp3) is 0.385. The maximum Gasteiger partial charge on any atom is 0.341 e. The van der Waals surface area contributed by atoms with Gasteiger partial charge in [-0.05, 0) is 18.6 Å². The van der Waals surface area contributed by atoms with Gasteiger partial charge in [0.1, 0.15) is 13.1 Å². The lowest BCUT2D eigenvalue weighted by atomic mass is 10.3. The van der Waals surface area contributed by atoms with Crippen LogP contribution in [0.3, 0.4) is 0 Å². The molecule has 6 heteroatoms. The van der Waals surface area contributed by atoms with E-state index >= 15 is 0 Å². The zero-order valence-corrected chi connectivity index (χ0v) is 13.6. The van der Waals surface area contributed by atoms with Gasteiger partial charge in [0.2, 0.25) is 0 Å². The van der Waals surface area contributed by atoms with E-state index in [9.17, 15) is 14.1 Å². The summed E-state index contributed by atoms with van der Waals surface area (Å²) in [7, 11) is -4.80. The van der Waals surface area contributed by atoms with Crippen LogP contribution in [-0.4, -0.2) is 28.4 Å². The first-order valence-electron chi connectivity index (χ1n) is 6.18. The van der Waals surface area contributed by atoms with Crippen molar-refractivity contribution in [1.29, 1.82) is 0 Å². The molecular weight excluding hydrogens is 278 g/mol. The largest absolute Gasteiger partial charge is 0.477 e. The summed E-state index contributed by atoms with van der Waals surface area (Å²) >= 11 is 0. The van der Waals surface area contributed by atoms with Gasteiger partial charge in [0.25, 0.3) is 0 Å². The lowest BCUT2D eigenvalue weighted by molar-refractivity contribution is -0.129. The molecule has 1 atom stereocenters. The van der Waals surface area contributed by atoms with Crippen LogP contribution in [0.15, 0.2) is 35.2 Å². The summed E-state index contributed by atoms with van der Waals surface area (Å²) in [6.07, 6.45) is 0.251. The maximum atomic E-state index is 13.3. The Hall–Kier alpha value is -1.11. The molecule has 1 rings (SSSR count). The lowest BCUT2D eigenvalue weighted by Gasteiger charge is -2.25. The highest BCUT2D eigenvalue weighted by Gasteiger charge is 2.27. The molecule has 0 spiro atoms. The van der Waals surface area contributed by atoms with Gasteiger partial charge in [-0.3, -0.25) is 4.39 Å². The van der Waals surface area contributed by atoms with E-state index < -0.39 is 23.9 Å². The molecule has 1 unspecified atom stereocenters. The summed E-state index contributed by atoms with van der Waals surface area (Å²) in [5, 5.41) is 9.33. The van der Waals surface area contributed by atoms with E-state index in [1.54, 1.807) is 31.2 Å². The van der Waals surface area contributed by atoms with Gasteiger partial charge in [-0.2, -0.15) is 0 Å². The minimum absolute atomic E-state index is 0.0427. The molecular formula is C13H21NO3SSi. The van der Waals surface area contributed by atoms with Gasteiger partial charge < -0.3 is 5.11 Å². The van der Waals surface area contributed by atoms with E-state index in [2.05, 4.69) is 4.39 Å². The van der Waals surface area contributed by atoms with Crippen LogP contribution >= 0.6 is 0 Å². The van der Waals surface area contributed by atoms with Crippen molar-refractivity contribution in [1.82, 2.24) is 4.39 Å². The Morgan fingerprint density at radius 3 is 2.16 bits per heavy atom. The van der Waals surface area contributed by atoms with Crippen LogP contribution in [0.4, 0.5) is 0 Å². The molecule has 0 fully saturated rings. The first-order valence-corrected chi connectivity index (χ1v) is 11.2. The van der Waals surface area contributed by atoms with E-state index in [4.69, 9.17) is 0 Å². The van der Waals surface area contributed by atoms with Crippen LogP contribution in [0.25, 0.3) is 0 Å². The minimum Gasteiger partial charge on any atom is -0.477 e. The zero-order valence-electron chi connectivity index (χ0n) is 11.8. The van der Waals surface area contributed by atoms with Crippen LogP contribution < -0.4 is 4.39 Å². The number of hydrogen-bond acceptors (Lipinski definition) is 2. The fourth-order valence-electron chi connectivity index (χ4n) is 1.78. The van der Waals surface area contributed by atoms with E-state index in [-0.39, 0.29) is 11.3 Å². The van der Waals surface area contributed by atoms with Gasteiger partial charge in [-0.15, -0.1) is 0 Å². The number of carboxylic acid groups (broad SMARTS) is 1. The molecule has 0 amide bonds. The highest BCUT2D eigenvalue weighted by Crippen LogP contribution is 2.15. The number of nitrogens with one attached hydrogen (secondary N) is 1. The quantitative estimate of drug-likeness (QED) is 0.648. The second kappa shape index (κ2) is 5.90. The molecule has 19 heavy (non-hydrogen) atoms. The average Bonchev–Trinajstić information content (AvgIpc) is 2.28.